The third kappa shape index (κ3) is 8.64. The monoisotopic (exact) mass is 491 g/mol. The SMILES string of the molecule is C=CCOc1ccccc1/C=N\NC(=O)[C@H](Cc1ccccc1)NC(=O)COc1ccc(Cl)cc1. The number of amides is 2. The number of benzene rings is 3. The fraction of sp³-hybridized carbons (Fsp3) is 0.148. The molecule has 0 radical (unpaired) electrons. The Morgan fingerprint density at radius 1 is 0.971 bits per heavy atom. The maximum Gasteiger partial charge on any atom is 0.262 e. The molecule has 2 N–H and O–H groups in total. The van der Waals surface area contributed by atoms with E-state index in [2.05, 4.69) is 22.4 Å². The standard InChI is InChI=1S/C27H26ClN3O4/c1-2-16-34-25-11-7-6-10-21(25)18-29-31-27(33)24(17-20-8-4-3-5-9-20)30-26(32)19-35-23-14-12-22(28)13-15-23/h2-15,18,24H,1,16-17,19H2,(H,30,32)(H,31,33)/b29-18-/t24-/m0/s1. The van der Waals surface area contributed by atoms with E-state index in [1.54, 1.807) is 36.4 Å². The van der Waals surface area contributed by atoms with Crippen LogP contribution >= 0.6 is 11.6 Å². The highest BCUT2D eigenvalue weighted by atomic mass is 35.5. The number of carbonyl (C=O) groups is 2. The number of para-hydroxylation sites is 1. The van der Waals surface area contributed by atoms with Crippen LogP contribution in [-0.4, -0.2) is 37.3 Å². The number of ether oxygens (including phenoxy) is 2. The van der Waals surface area contributed by atoms with Gasteiger partial charge >= 0.3 is 0 Å². The molecule has 0 aliphatic rings. The summed E-state index contributed by atoms with van der Waals surface area (Å²) in [5, 5.41) is 7.35. The van der Waals surface area contributed by atoms with Crippen molar-refractivity contribution in [3.63, 3.8) is 0 Å². The zero-order valence-corrected chi connectivity index (χ0v) is 19.8. The lowest BCUT2D eigenvalue weighted by molar-refractivity contribution is -0.130. The summed E-state index contributed by atoms with van der Waals surface area (Å²) in [5.41, 5.74) is 4.08. The van der Waals surface area contributed by atoms with Gasteiger partial charge in [-0.15, -0.1) is 0 Å². The fourth-order valence-corrected chi connectivity index (χ4v) is 3.21. The minimum Gasteiger partial charge on any atom is -0.489 e. The normalized spacial score (nSPS) is 11.5. The molecule has 0 aromatic heterocycles. The van der Waals surface area contributed by atoms with Gasteiger partial charge in [0.2, 0.25) is 0 Å². The van der Waals surface area contributed by atoms with Gasteiger partial charge in [0.05, 0.1) is 6.21 Å². The van der Waals surface area contributed by atoms with E-state index in [4.69, 9.17) is 21.1 Å². The van der Waals surface area contributed by atoms with Crippen molar-refractivity contribution in [1.82, 2.24) is 10.7 Å². The maximum absolute atomic E-state index is 12.9. The molecule has 0 bridgehead atoms. The van der Waals surface area contributed by atoms with E-state index in [1.165, 1.54) is 6.21 Å². The van der Waals surface area contributed by atoms with Crippen molar-refractivity contribution < 1.29 is 19.1 Å². The smallest absolute Gasteiger partial charge is 0.262 e. The van der Waals surface area contributed by atoms with Gasteiger partial charge in [0.15, 0.2) is 6.61 Å². The first-order valence-electron chi connectivity index (χ1n) is 10.9. The Morgan fingerprint density at radius 3 is 2.43 bits per heavy atom. The first kappa shape index (κ1) is 25.5. The van der Waals surface area contributed by atoms with Gasteiger partial charge in [0.25, 0.3) is 11.8 Å². The van der Waals surface area contributed by atoms with Crippen LogP contribution in [0.25, 0.3) is 0 Å². The molecule has 0 aliphatic heterocycles. The highest BCUT2D eigenvalue weighted by Gasteiger charge is 2.21. The highest BCUT2D eigenvalue weighted by Crippen LogP contribution is 2.16. The van der Waals surface area contributed by atoms with Crippen LogP contribution in [0.4, 0.5) is 0 Å². The Balaban J connectivity index is 1.64. The number of halogens is 1. The Bertz CT molecular complexity index is 1150. The minimum atomic E-state index is -0.858. The third-order valence-electron chi connectivity index (χ3n) is 4.77. The predicted molar refractivity (Wildman–Crippen MR) is 137 cm³/mol. The molecular formula is C27H26ClN3O4. The lowest BCUT2D eigenvalue weighted by Crippen LogP contribution is -2.48. The van der Waals surface area contributed by atoms with Gasteiger partial charge in [-0.05, 0) is 42.0 Å². The van der Waals surface area contributed by atoms with E-state index < -0.39 is 17.9 Å². The molecule has 0 saturated carbocycles. The average Bonchev–Trinajstić information content (AvgIpc) is 2.88. The van der Waals surface area contributed by atoms with Crippen LogP contribution in [0.2, 0.25) is 5.02 Å². The minimum absolute atomic E-state index is 0.252. The highest BCUT2D eigenvalue weighted by molar-refractivity contribution is 6.30. The lowest BCUT2D eigenvalue weighted by Gasteiger charge is -2.17. The predicted octanol–water partition coefficient (Wildman–Crippen LogP) is 4.16. The summed E-state index contributed by atoms with van der Waals surface area (Å²) < 4.78 is 11.1. The van der Waals surface area contributed by atoms with Crippen molar-refractivity contribution >= 4 is 29.6 Å². The Labute approximate surface area is 209 Å². The number of hydrazone groups is 1. The lowest BCUT2D eigenvalue weighted by atomic mass is 10.1. The second-order valence-electron chi connectivity index (χ2n) is 7.42. The van der Waals surface area contributed by atoms with Gasteiger partial charge in [0.1, 0.15) is 24.1 Å². The second kappa shape index (κ2) is 13.6. The number of hydrogen-bond donors (Lipinski definition) is 2. The number of nitrogens with one attached hydrogen (secondary N) is 2. The summed E-state index contributed by atoms with van der Waals surface area (Å²) in [6.07, 6.45) is 3.42. The van der Waals surface area contributed by atoms with Gasteiger partial charge in [0, 0.05) is 17.0 Å². The molecule has 0 aliphatic carbocycles. The topological polar surface area (TPSA) is 89.0 Å². The first-order valence-corrected chi connectivity index (χ1v) is 11.3. The van der Waals surface area contributed by atoms with E-state index in [9.17, 15) is 9.59 Å². The second-order valence-corrected chi connectivity index (χ2v) is 7.86. The molecule has 3 aromatic rings. The van der Waals surface area contributed by atoms with Crippen LogP contribution < -0.4 is 20.2 Å². The van der Waals surface area contributed by atoms with Gasteiger partial charge in [-0.2, -0.15) is 5.10 Å². The summed E-state index contributed by atoms with van der Waals surface area (Å²) in [6, 6.07) is 22.5. The van der Waals surface area contributed by atoms with Gasteiger partial charge in [-0.1, -0.05) is 66.7 Å². The number of hydrogen-bond acceptors (Lipinski definition) is 5. The van der Waals surface area contributed by atoms with Crippen molar-refractivity contribution in [1.29, 1.82) is 0 Å². The molecule has 8 heteroatoms. The molecule has 0 heterocycles. The number of nitrogens with zero attached hydrogens (tertiary/aromatic N) is 1. The molecular weight excluding hydrogens is 466 g/mol. The van der Waals surface area contributed by atoms with Crippen molar-refractivity contribution in [2.45, 2.75) is 12.5 Å². The van der Waals surface area contributed by atoms with E-state index in [1.807, 2.05) is 48.5 Å². The Kier molecular flexibility index (Phi) is 9.89. The molecule has 2 amide bonds. The maximum atomic E-state index is 12.9. The molecule has 0 saturated heterocycles. The van der Waals surface area contributed by atoms with E-state index in [-0.39, 0.29) is 13.0 Å². The molecule has 1 atom stereocenters. The van der Waals surface area contributed by atoms with E-state index >= 15 is 0 Å². The van der Waals surface area contributed by atoms with Crippen molar-refractivity contribution in [2.24, 2.45) is 5.10 Å². The molecule has 3 aromatic carbocycles. The van der Waals surface area contributed by atoms with E-state index in [0.717, 1.165) is 5.56 Å². The van der Waals surface area contributed by atoms with Crippen LogP contribution in [0, 0.1) is 0 Å². The van der Waals surface area contributed by atoms with Crippen molar-refractivity contribution in [2.75, 3.05) is 13.2 Å². The van der Waals surface area contributed by atoms with Crippen LogP contribution in [0.5, 0.6) is 11.5 Å². The van der Waals surface area contributed by atoms with Crippen LogP contribution in [0.1, 0.15) is 11.1 Å². The number of carbonyl (C=O) groups excluding carboxylic acids is 2. The van der Waals surface area contributed by atoms with E-state index in [0.29, 0.717) is 28.7 Å². The molecule has 0 fully saturated rings. The average molecular weight is 492 g/mol. The van der Waals surface area contributed by atoms with Crippen LogP contribution in [0.15, 0.2) is 96.6 Å². The summed E-state index contributed by atoms with van der Waals surface area (Å²) in [6.45, 7) is 3.73. The van der Waals surface area contributed by atoms with Gasteiger partial charge < -0.3 is 14.8 Å². The summed E-state index contributed by atoms with van der Waals surface area (Å²) >= 11 is 5.87. The summed E-state index contributed by atoms with van der Waals surface area (Å²) in [5.74, 6) is 0.201. The van der Waals surface area contributed by atoms with Gasteiger partial charge in [-0.3, -0.25) is 9.59 Å². The van der Waals surface area contributed by atoms with Gasteiger partial charge in [-0.25, -0.2) is 5.43 Å². The Hall–Kier alpha value is -4.10. The first-order chi connectivity index (χ1) is 17.0. The largest absolute Gasteiger partial charge is 0.489 e. The number of rotatable bonds is 12. The van der Waals surface area contributed by atoms with Crippen molar-refractivity contribution in [3.05, 3.63) is 108 Å². The molecule has 0 unspecified atom stereocenters. The molecule has 7 nitrogen and oxygen atoms in total. The quantitative estimate of drug-likeness (QED) is 0.226. The van der Waals surface area contributed by atoms with Crippen LogP contribution in [-0.2, 0) is 16.0 Å². The third-order valence-corrected chi connectivity index (χ3v) is 5.02. The Morgan fingerprint density at radius 2 is 1.69 bits per heavy atom. The molecule has 180 valence electrons. The summed E-state index contributed by atoms with van der Waals surface area (Å²) in [4.78, 5) is 25.4. The molecule has 35 heavy (non-hydrogen) atoms. The van der Waals surface area contributed by atoms with Crippen LogP contribution in [0.3, 0.4) is 0 Å². The molecule has 0 spiro atoms. The summed E-state index contributed by atoms with van der Waals surface area (Å²) in [7, 11) is 0. The molecule has 3 rings (SSSR count). The zero-order valence-electron chi connectivity index (χ0n) is 19.0. The zero-order chi connectivity index (χ0) is 24.9. The fourth-order valence-electron chi connectivity index (χ4n) is 3.09. The van der Waals surface area contributed by atoms with Crippen molar-refractivity contribution in [3.8, 4) is 11.5 Å².